The number of imidazole rings is 1. The van der Waals surface area contributed by atoms with Gasteiger partial charge in [-0.05, 0) is 64.4 Å². The molecule has 0 spiro atoms. The molecule has 2 aromatic heterocycles. The minimum atomic E-state index is -0.139. The van der Waals surface area contributed by atoms with Crippen molar-refractivity contribution < 1.29 is 4.74 Å². The number of aromatic amines is 1. The van der Waals surface area contributed by atoms with Gasteiger partial charge in [-0.25, -0.2) is 4.79 Å². The van der Waals surface area contributed by atoms with Crippen LogP contribution in [0.1, 0.15) is 38.4 Å². The first-order valence-corrected chi connectivity index (χ1v) is 10.8. The number of nitrogens with zero attached hydrogens (tertiary/aromatic N) is 3. The van der Waals surface area contributed by atoms with Gasteiger partial charge in [-0.3, -0.25) is 14.5 Å². The Balaban J connectivity index is 1.64. The predicted molar refractivity (Wildman–Crippen MR) is 120 cm³/mol. The highest BCUT2D eigenvalue weighted by atomic mass is 16.5. The summed E-state index contributed by atoms with van der Waals surface area (Å²) in [6, 6.07) is 12.2. The Kier molecular flexibility index (Phi) is 5.55. The SMILES string of the molecule is CCOC[C@]1(Cn2c(=O)[nH]c3ccccc32)CCN(C(C)(C)c2ccc(C)nc2)C1. The van der Waals surface area contributed by atoms with Gasteiger partial charge in [0.2, 0.25) is 0 Å². The number of aromatic nitrogens is 3. The molecule has 0 saturated carbocycles. The zero-order valence-corrected chi connectivity index (χ0v) is 18.4. The first-order valence-electron chi connectivity index (χ1n) is 10.8. The van der Waals surface area contributed by atoms with E-state index >= 15 is 0 Å². The smallest absolute Gasteiger partial charge is 0.326 e. The third-order valence-corrected chi connectivity index (χ3v) is 6.63. The van der Waals surface area contributed by atoms with Crippen molar-refractivity contribution in [1.29, 1.82) is 0 Å². The molecule has 1 fully saturated rings. The van der Waals surface area contributed by atoms with Crippen molar-refractivity contribution in [1.82, 2.24) is 19.4 Å². The van der Waals surface area contributed by atoms with Crippen LogP contribution in [0, 0.1) is 12.3 Å². The van der Waals surface area contributed by atoms with Crippen LogP contribution in [-0.2, 0) is 16.8 Å². The van der Waals surface area contributed by atoms with Crippen LogP contribution in [0.25, 0.3) is 11.0 Å². The van der Waals surface area contributed by atoms with Gasteiger partial charge in [0.15, 0.2) is 0 Å². The topological polar surface area (TPSA) is 63.1 Å². The van der Waals surface area contributed by atoms with Crippen LogP contribution in [0.5, 0.6) is 0 Å². The number of hydrogen-bond acceptors (Lipinski definition) is 4. The minimum Gasteiger partial charge on any atom is -0.381 e. The van der Waals surface area contributed by atoms with Gasteiger partial charge < -0.3 is 9.72 Å². The van der Waals surface area contributed by atoms with Gasteiger partial charge in [-0.2, -0.15) is 0 Å². The average molecular weight is 409 g/mol. The van der Waals surface area contributed by atoms with E-state index in [0.29, 0.717) is 19.8 Å². The van der Waals surface area contributed by atoms with Crippen molar-refractivity contribution >= 4 is 11.0 Å². The molecular formula is C24H32N4O2. The predicted octanol–water partition coefficient (Wildman–Crippen LogP) is 3.70. The first-order chi connectivity index (χ1) is 14.3. The van der Waals surface area contributed by atoms with Gasteiger partial charge in [-0.1, -0.05) is 18.2 Å². The van der Waals surface area contributed by atoms with E-state index in [4.69, 9.17) is 4.74 Å². The lowest BCUT2D eigenvalue weighted by Crippen LogP contribution is -2.44. The summed E-state index contributed by atoms with van der Waals surface area (Å²) in [5.74, 6) is 0. The summed E-state index contributed by atoms with van der Waals surface area (Å²) >= 11 is 0. The minimum absolute atomic E-state index is 0.0486. The number of nitrogens with one attached hydrogen (secondary N) is 1. The maximum Gasteiger partial charge on any atom is 0.326 e. The average Bonchev–Trinajstić information content (AvgIpc) is 3.29. The van der Waals surface area contributed by atoms with Crippen molar-refractivity contribution in [2.45, 2.75) is 46.2 Å². The molecule has 1 atom stereocenters. The highest BCUT2D eigenvalue weighted by molar-refractivity contribution is 5.74. The summed E-state index contributed by atoms with van der Waals surface area (Å²) in [5, 5.41) is 0. The second kappa shape index (κ2) is 8.00. The molecule has 1 aromatic carbocycles. The molecule has 6 heteroatoms. The Labute approximate surface area is 177 Å². The maximum absolute atomic E-state index is 12.7. The van der Waals surface area contributed by atoms with Crippen molar-refractivity contribution in [2.24, 2.45) is 5.41 Å². The van der Waals surface area contributed by atoms with Crippen molar-refractivity contribution in [3.05, 3.63) is 64.3 Å². The van der Waals surface area contributed by atoms with Gasteiger partial charge in [-0.15, -0.1) is 0 Å². The van der Waals surface area contributed by atoms with E-state index in [1.807, 2.05) is 48.9 Å². The Morgan fingerprint density at radius 2 is 2.03 bits per heavy atom. The van der Waals surface area contributed by atoms with E-state index in [0.717, 1.165) is 36.2 Å². The fourth-order valence-corrected chi connectivity index (χ4v) is 4.63. The molecule has 1 aliphatic heterocycles. The number of ether oxygens (including phenoxy) is 1. The van der Waals surface area contributed by atoms with Crippen molar-refractivity contribution in [3.8, 4) is 0 Å². The third kappa shape index (κ3) is 3.82. The van der Waals surface area contributed by atoms with Gasteiger partial charge >= 0.3 is 5.69 Å². The zero-order chi connectivity index (χ0) is 21.4. The van der Waals surface area contributed by atoms with Crippen LogP contribution in [0.3, 0.4) is 0 Å². The zero-order valence-electron chi connectivity index (χ0n) is 18.4. The van der Waals surface area contributed by atoms with Gasteiger partial charge in [0.05, 0.1) is 17.6 Å². The second-order valence-electron chi connectivity index (χ2n) is 9.09. The summed E-state index contributed by atoms with van der Waals surface area (Å²) < 4.78 is 7.83. The molecular weight excluding hydrogens is 376 g/mol. The lowest BCUT2D eigenvalue weighted by molar-refractivity contribution is 0.0334. The number of likely N-dealkylation sites (tertiary alicyclic amines) is 1. The standard InChI is InChI=1S/C24H32N4O2/c1-5-30-17-24(16-28-21-9-7-6-8-20(21)26-22(28)29)12-13-27(15-24)23(3,4)19-11-10-18(2)25-14-19/h6-11,14H,5,12-13,15-17H2,1-4H3,(H,26,29)/t24-/m1/s1. The Morgan fingerprint density at radius 3 is 2.77 bits per heavy atom. The van der Waals surface area contributed by atoms with Crippen LogP contribution in [-0.4, -0.2) is 45.7 Å². The molecule has 1 aliphatic rings. The lowest BCUT2D eigenvalue weighted by Gasteiger charge is -2.38. The largest absolute Gasteiger partial charge is 0.381 e. The summed E-state index contributed by atoms with van der Waals surface area (Å²) in [6.45, 7) is 12.4. The molecule has 4 rings (SSSR count). The Hall–Kier alpha value is -2.44. The molecule has 30 heavy (non-hydrogen) atoms. The van der Waals surface area contributed by atoms with E-state index in [2.05, 4.69) is 40.8 Å². The summed E-state index contributed by atoms with van der Waals surface area (Å²) in [6.07, 6.45) is 2.98. The van der Waals surface area contributed by atoms with E-state index in [1.54, 1.807) is 0 Å². The summed E-state index contributed by atoms with van der Waals surface area (Å²) in [7, 11) is 0. The number of rotatable bonds is 7. The number of fused-ring (bicyclic) bond motifs is 1. The highest BCUT2D eigenvalue weighted by Crippen LogP contribution is 2.40. The Bertz CT molecular complexity index is 1070. The molecule has 3 aromatic rings. The number of pyridine rings is 1. The second-order valence-corrected chi connectivity index (χ2v) is 9.09. The molecule has 6 nitrogen and oxygen atoms in total. The third-order valence-electron chi connectivity index (χ3n) is 6.63. The quantitative estimate of drug-likeness (QED) is 0.648. The van der Waals surface area contributed by atoms with E-state index < -0.39 is 0 Å². The van der Waals surface area contributed by atoms with Gasteiger partial charge in [0, 0.05) is 42.5 Å². The molecule has 0 bridgehead atoms. The number of aryl methyl sites for hydroxylation is 1. The van der Waals surface area contributed by atoms with Crippen molar-refractivity contribution in [2.75, 3.05) is 26.3 Å². The van der Waals surface area contributed by atoms with Crippen LogP contribution in [0.15, 0.2) is 47.4 Å². The van der Waals surface area contributed by atoms with E-state index in [9.17, 15) is 4.79 Å². The van der Waals surface area contributed by atoms with E-state index in [-0.39, 0.29) is 16.6 Å². The van der Waals surface area contributed by atoms with Crippen LogP contribution >= 0.6 is 0 Å². The molecule has 3 heterocycles. The molecule has 160 valence electrons. The fraction of sp³-hybridized carbons (Fsp3) is 0.500. The molecule has 0 aliphatic carbocycles. The molecule has 1 saturated heterocycles. The maximum atomic E-state index is 12.7. The molecule has 0 amide bonds. The normalized spacial score (nSPS) is 20.3. The molecule has 0 unspecified atom stereocenters. The summed E-state index contributed by atoms with van der Waals surface area (Å²) in [5.41, 5.74) is 3.78. The first kappa shape index (κ1) is 20.8. The van der Waals surface area contributed by atoms with Crippen LogP contribution in [0.4, 0.5) is 0 Å². The van der Waals surface area contributed by atoms with Crippen LogP contribution < -0.4 is 5.69 Å². The number of para-hydroxylation sites is 2. The highest BCUT2D eigenvalue weighted by Gasteiger charge is 2.44. The fourth-order valence-electron chi connectivity index (χ4n) is 4.63. The number of hydrogen-bond donors (Lipinski definition) is 1. The monoisotopic (exact) mass is 408 g/mol. The van der Waals surface area contributed by atoms with Crippen molar-refractivity contribution in [3.63, 3.8) is 0 Å². The molecule has 0 radical (unpaired) electrons. The number of benzene rings is 1. The van der Waals surface area contributed by atoms with E-state index in [1.165, 1.54) is 5.56 Å². The lowest BCUT2D eigenvalue weighted by atomic mass is 9.87. The van der Waals surface area contributed by atoms with Gasteiger partial charge in [0.1, 0.15) is 0 Å². The van der Waals surface area contributed by atoms with Crippen LogP contribution in [0.2, 0.25) is 0 Å². The van der Waals surface area contributed by atoms with Gasteiger partial charge in [0.25, 0.3) is 0 Å². The molecule has 1 N–H and O–H groups in total. The number of H-pyrrole nitrogens is 1. The Morgan fingerprint density at radius 1 is 1.23 bits per heavy atom. The summed E-state index contributed by atoms with van der Waals surface area (Å²) in [4.78, 5) is 22.7.